The molecule has 0 bridgehead atoms. The van der Waals surface area contributed by atoms with E-state index in [-0.39, 0.29) is 11.8 Å². The van der Waals surface area contributed by atoms with Crippen LogP contribution in [0.4, 0.5) is 0 Å². The van der Waals surface area contributed by atoms with E-state index >= 15 is 0 Å². The van der Waals surface area contributed by atoms with Crippen LogP contribution in [0.2, 0.25) is 0 Å². The van der Waals surface area contributed by atoms with E-state index in [1.165, 1.54) is 6.92 Å². The van der Waals surface area contributed by atoms with E-state index in [1.54, 1.807) is 19.1 Å². The summed E-state index contributed by atoms with van der Waals surface area (Å²) in [5.74, 6) is -0.261. The molecule has 0 spiro atoms. The molecule has 1 rings (SSSR count). The third-order valence-corrected chi connectivity index (χ3v) is 3.05. The van der Waals surface area contributed by atoms with Gasteiger partial charge in [-0.2, -0.15) is 0 Å². The van der Waals surface area contributed by atoms with Gasteiger partial charge in [0.05, 0.1) is 12.2 Å². The summed E-state index contributed by atoms with van der Waals surface area (Å²) in [7, 11) is 0. The summed E-state index contributed by atoms with van der Waals surface area (Å²) in [6.07, 6.45) is 0.353. The number of halogens is 1. The second kappa shape index (κ2) is 5.98. The molecule has 0 atom stereocenters. The Bertz CT molecular complexity index is 413. The molecule has 0 radical (unpaired) electrons. The normalized spacial score (nSPS) is 9.94. The van der Waals surface area contributed by atoms with Crippen molar-refractivity contribution in [2.24, 2.45) is 0 Å². The Balaban J connectivity index is 2.97. The van der Waals surface area contributed by atoms with E-state index < -0.39 is 0 Å². The molecular formula is C12H13IO3. The third-order valence-electron chi connectivity index (χ3n) is 2.00. The second-order valence-electron chi connectivity index (χ2n) is 3.41. The van der Waals surface area contributed by atoms with Crippen LogP contribution in [0.5, 0.6) is 0 Å². The number of Topliss-reactive ketones (excluding diaryl/α,β-unsaturated/α-hetero) is 1. The largest absolute Gasteiger partial charge is 0.462 e. The maximum atomic E-state index is 11.5. The zero-order chi connectivity index (χ0) is 12.1. The topological polar surface area (TPSA) is 43.4 Å². The maximum absolute atomic E-state index is 11.5. The van der Waals surface area contributed by atoms with Gasteiger partial charge in [0.15, 0.2) is 0 Å². The second-order valence-corrected chi connectivity index (χ2v) is 4.57. The number of ether oxygens (including phenoxy) is 1. The number of rotatable bonds is 4. The highest BCUT2D eigenvalue weighted by Gasteiger charge is 2.10. The quantitative estimate of drug-likeness (QED) is 0.629. The zero-order valence-electron chi connectivity index (χ0n) is 9.25. The van der Waals surface area contributed by atoms with Gasteiger partial charge in [0.1, 0.15) is 5.78 Å². The van der Waals surface area contributed by atoms with Gasteiger partial charge in [0, 0.05) is 9.99 Å². The summed E-state index contributed by atoms with van der Waals surface area (Å²) in [5, 5.41) is 0. The van der Waals surface area contributed by atoms with Gasteiger partial charge in [-0.25, -0.2) is 4.79 Å². The standard InChI is InChI=1S/C12H13IO3/c1-3-16-12(15)9-4-5-11(13)10(7-9)6-8(2)14/h4-5,7H,3,6H2,1-2H3. The average molecular weight is 332 g/mol. The molecule has 0 aliphatic rings. The Labute approximate surface area is 108 Å². The minimum Gasteiger partial charge on any atom is -0.462 e. The molecule has 86 valence electrons. The van der Waals surface area contributed by atoms with Crippen LogP contribution in [-0.4, -0.2) is 18.4 Å². The van der Waals surface area contributed by atoms with E-state index in [0.717, 1.165) is 9.13 Å². The molecule has 3 nitrogen and oxygen atoms in total. The van der Waals surface area contributed by atoms with Gasteiger partial charge in [-0.15, -0.1) is 0 Å². The van der Waals surface area contributed by atoms with Gasteiger partial charge < -0.3 is 4.74 Å². The van der Waals surface area contributed by atoms with Gasteiger partial charge in [-0.3, -0.25) is 4.79 Å². The van der Waals surface area contributed by atoms with E-state index in [4.69, 9.17) is 4.74 Å². The van der Waals surface area contributed by atoms with Crippen LogP contribution in [0.3, 0.4) is 0 Å². The minimum absolute atomic E-state index is 0.0823. The highest BCUT2D eigenvalue weighted by molar-refractivity contribution is 14.1. The molecule has 0 aliphatic heterocycles. The van der Waals surface area contributed by atoms with Crippen molar-refractivity contribution >= 4 is 34.3 Å². The first-order chi connectivity index (χ1) is 7.54. The fourth-order valence-corrected chi connectivity index (χ4v) is 1.85. The lowest BCUT2D eigenvalue weighted by Gasteiger charge is -2.06. The molecule has 0 heterocycles. The van der Waals surface area contributed by atoms with E-state index in [1.807, 2.05) is 6.07 Å². The highest BCUT2D eigenvalue weighted by Crippen LogP contribution is 2.16. The van der Waals surface area contributed by atoms with E-state index in [0.29, 0.717) is 18.6 Å². The Kier molecular flexibility index (Phi) is 4.92. The molecule has 0 amide bonds. The summed E-state index contributed by atoms with van der Waals surface area (Å²) < 4.78 is 5.89. The van der Waals surface area contributed by atoms with Crippen LogP contribution in [0, 0.1) is 3.57 Å². The van der Waals surface area contributed by atoms with Crippen molar-refractivity contribution < 1.29 is 14.3 Å². The zero-order valence-corrected chi connectivity index (χ0v) is 11.4. The lowest BCUT2D eigenvalue weighted by atomic mass is 10.1. The molecule has 0 unspecified atom stereocenters. The Morgan fingerprint density at radius 2 is 2.06 bits per heavy atom. The monoisotopic (exact) mass is 332 g/mol. The first-order valence-corrected chi connectivity index (χ1v) is 6.07. The summed E-state index contributed by atoms with van der Waals surface area (Å²) >= 11 is 2.15. The number of esters is 1. The molecule has 16 heavy (non-hydrogen) atoms. The Hall–Kier alpha value is -0.910. The Morgan fingerprint density at radius 1 is 1.38 bits per heavy atom. The molecule has 0 N–H and O–H groups in total. The fraction of sp³-hybridized carbons (Fsp3) is 0.333. The Morgan fingerprint density at radius 3 is 2.62 bits per heavy atom. The first-order valence-electron chi connectivity index (χ1n) is 4.99. The molecule has 0 fully saturated rings. The van der Waals surface area contributed by atoms with Crippen LogP contribution in [0.1, 0.15) is 29.8 Å². The number of carbonyl (C=O) groups excluding carboxylic acids is 2. The van der Waals surface area contributed by atoms with E-state index in [2.05, 4.69) is 22.6 Å². The van der Waals surface area contributed by atoms with Crippen molar-refractivity contribution in [3.05, 3.63) is 32.9 Å². The van der Waals surface area contributed by atoms with Gasteiger partial charge in [-0.1, -0.05) is 0 Å². The number of benzene rings is 1. The summed E-state index contributed by atoms with van der Waals surface area (Å²) in [4.78, 5) is 22.5. The molecule has 1 aromatic rings. The lowest BCUT2D eigenvalue weighted by molar-refractivity contribution is -0.116. The van der Waals surface area contributed by atoms with Crippen LogP contribution in [-0.2, 0) is 16.0 Å². The number of hydrogen-bond donors (Lipinski definition) is 0. The number of ketones is 1. The van der Waals surface area contributed by atoms with Crippen LogP contribution >= 0.6 is 22.6 Å². The maximum Gasteiger partial charge on any atom is 0.338 e. The molecule has 4 heteroatoms. The van der Waals surface area contributed by atoms with Crippen molar-refractivity contribution in [2.45, 2.75) is 20.3 Å². The lowest BCUT2D eigenvalue weighted by Crippen LogP contribution is -2.07. The van der Waals surface area contributed by atoms with Crippen molar-refractivity contribution in [1.82, 2.24) is 0 Å². The number of carbonyl (C=O) groups is 2. The molecule has 0 aliphatic carbocycles. The van der Waals surface area contributed by atoms with Gasteiger partial charge >= 0.3 is 5.97 Å². The van der Waals surface area contributed by atoms with Crippen molar-refractivity contribution in [3.8, 4) is 0 Å². The van der Waals surface area contributed by atoms with Crippen molar-refractivity contribution in [1.29, 1.82) is 0 Å². The van der Waals surface area contributed by atoms with E-state index in [9.17, 15) is 9.59 Å². The predicted molar refractivity (Wildman–Crippen MR) is 69.5 cm³/mol. The fourth-order valence-electron chi connectivity index (χ4n) is 1.32. The minimum atomic E-state index is -0.344. The summed E-state index contributed by atoms with van der Waals surface area (Å²) in [5.41, 5.74) is 1.37. The molecular weight excluding hydrogens is 319 g/mol. The third kappa shape index (κ3) is 3.59. The smallest absolute Gasteiger partial charge is 0.338 e. The van der Waals surface area contributed by atoms with Crippen LogP contribution in [0.25, 0.3) is 0 Å². The summed E-state index contributed by atoms with van der Waals surface area (Å²) in [6.45, 7) is 3.65. The predicted octanol–water partition coefficient (Wildman–Crippen LogP) is 2.60. The van der Waals surface area contributed by atoms with Crippen LogP contribution < -0.4 is 0 Å². The molecule has 0 aromatic heterocycles. The number of hydrogen-bond acceptors (Lipinski definition) is 3. The molecule has 0 saturated heterocycles. The average Bonchev–Trinajstić information content (AvgIpc) is 2.21. The first kappa shape index (κ1) is 13.2. The summed E-state index contributed by atoms with van der Waals surface area (Å²) in [6, 6.07) is 5.26. The van der Waals surface area contributed by atoms with Gasteiger partial charge in [0.25, 0.3) is 0 Å². The molecule has 1 aromatic carbocycles. The van der Waals surface area contributed by atoms with Crippen LogP contribution in [0.15, 0.2) is 18.2 Å². The highest BCUT2D eigenvalue weighted by atomic mass is 127. The van der Waals surface area contributed by atoms with Crippen molar-refractivity contribution in [3.63, 3.8) is 0 Å². The van der Waals surface area contributed by atoms with Gasteiger partial charge in [-0.05, 0) is 60.2 Å². The molecule has 0 saturated carbocycles. The van der Waals surface area contributed by atoms with Crippen molar-refractivity contribution in [2.75, 3.05) is 6.61 Å². The SMILES string of the molecule is CCOC(=O)c1ccc(I)c(CC(C)=O)c1. The van der Waals surface area contributed by atoms with Gasteiger partial charge in [0.2, 0.25) is 0 Å².